The number of rotatable bonds is 51. The SMILES string of the molecule is CC[C@H](C)[C@H](NC(=O)[C@H](CCC(=O)O)NC(=O)[C@H](CCC(=O)O)NC(=O)[C@H](Cc1ccccc1)NC(=O)[C@H](CC(=O)O)NC(=O)CNC(=O)c1ccc2c(c1)C(=O)OC21c2ccc(O)cc2Oc2cc(O)ccc21)C(=O)N1CCC[C@H]1C(=O)N[C@@H](CCC(=O)O)C(=O)N[C@@H](CCC(=O)O)C(=O)N[C@@H](Cc1ccc(OS(=O)(=O)O)cc1)C(=O)N[C@@H](CC(C)C)C(=O)N[C@@H](CCC(N)=O)C(=O)O. The average molecular weight is 1910 g/mol. The molecule has 5 aromatic carbocycles. The number of phenolic OH excluding ortho intramolecular Hbond substituents is 2. The number of fused-ring (bicyclic) bond motifs is 6. The Hall–Kier alpha value is -15.4. The highest BCUT2D eigenvalue weighted by atomic mass is 32.3. The summed E-state index contributed by atoms with van der Waals surface area (Å²) in [6, 6.07) is 3.76. The molecule has 8 rings (SSSR count). The van der Waals surface area contributed by atoms with Gasteiger partial charge in [-0.1, -0.05) is 82.6 Å². The molecule has 0 unspecified atom stereocenters. The van der Waals surface area contributed by atoms with E-state index in [0.29, 0.717) is 5.56 Å². The lowest BCUT2D eigenvalue weighted by Crippen LogP contribution is -2.61. The number of nitrogens with zero attached hydrogens (tertiary/aromatic N) is 1. The number of ether oxygens (including phenoxy) is 2. The molecule has 135 heavy (non-hydrogen) atoms. The van der Waals surface area contributed by atoms with Gasteiger partial charge in [0.1, 0.15) is 95.2 Å². The number of benzene rings is 5. The molecule has 12 atom stereocenters. The number of esters is 1. The van der Waals surface area contributed by atoms with Gasteiger partial charge in [0.05, 0.1) is 18.5 Å². The van der Waals surface area contributed by atoms with Crippen LogP contribution in [-0.2, 0) is 120 Å². The van der Waals surface area contributed by atoms with Crippen molar-refractivity contribution in [1.82, 2.24) is 63.4 Å². The van der Waals surface area contributed by atoms with E-state index in [9.17, 15) is 145 Å². The van der Waals surface area contributed by atoms with Crippen LogP contribution >= 0.6 is 0 Å². The Labute approximate surface area is 768 Å². The Bertz CT molecular complexity index is 5430. The summed E-state index contributed by atoms with van der Waals surface area (Å²) in [6.45, 7) is 5.09. The van der Waals surface area contributed by atoms with Crippen molar-refractivity contribution in [3.8, 4) is 28.7 Å². The number of nitrogens with two attached hydrogens (primary N) is 1. The number of aromatic hydroxyl groups is 2. The number of carbonyl (C=O) groups excluding carboxylic acids is 14. The number of hydrogen-bond donors (Lipinski definition) is 21. The van der Waals surface area contributed by atoms with Gasteiger partial charge in [-0.2, -0.15) is 8.42 Å². The number of carboxylic acid groups (broad SMARTS) is 6. The molecule has 3 aliphatic rings. The summed E-state index contributed by atoms with van der Waals surface area (Å²) in [6.07, 6.45) is -10.1. The molecule has 3 heterocycles. The molecule has 22 N–H and O–H groups in total. The molecule has 3 aliphatic heterocycles. The fourth-order valence-corrected chi connectivity index (χ4v) is 15.4. The predicted octanol–water partition coefficient (Wildman–Crippen LogP) is -0.722. The first kappa shape index (κ1) is 105. The summed E-state index contributed by atoms with van der Waals surface area (Å²) in [7, 11) is -5.06. The first-order valence-corrected chi connectivity index (χ1v) is 43.7. The Balaban J connectivity index is 0.971. The van der Waals surface area contributed by atoms with Crippen molar-refractivity contribution in [2.75, 3.05) is 13.1 Å². The van der Waals surface area contributed by atoms with E-state index in [0.717, 1.165) is 17.0 Å². The molecule has 0 aliphatic carbocycles. The third-order valence-corrected chi connectivity index (χ3v) is 22.4. The number of phenols is 2. The largest absolute Gasteiger partial charge is 0.508 e. The van der Waals surface area contributed by atoms with E-state index in [4.69, 9.17) is 15.2 Å². The first-order valence-electron chi connectivity index (χ1n) is 42.4. The van der Waals surface area contributed by atoms with Crippen LogP contribution in [0.5, 0.6) is 28.7 Å². The number of carboxylic acids is 6. The Morgan fingerprint density at radius 2 is 0.941 bits per heavy atom. The Morgan fingerprint density at radius 1 is 0.504 bits per heavy atom. The molecule has 1 saturated heterocycles. The third-order valence-electron chi connectivity index (χ3n) is 22.0. The van der Waals surface area contributed by atoms with Crippen molar-refractivity contribution in [3.63, 3.8) is 0 Å². The fraction of sp³-hybridized carbons (Fsp3) is 0.425. The van der Waals surface area contributed by atoms with Crippen molar-refractivity contribution in [2.24, 2.45) is 17.6 Å². The fourth-order valence-electron chi connectivity index (χ4n) is 15.0. The summed E-state index contributed by atoms with van der Waals surface area (Å²) in [5.74, 6) is -27.7. The topological polar surface area (TPSA) is 747 Å². The van der Waals surface area contributed by atoms with E-state index < -0.39 is 309 Å². The number of amides is 13. The number of likely N-dealkylation sites (tertiary alicyclic amines) is 1. The molecule has 48 heteroatoms. The van der Waals surface area contributed by atoms with Gasteiger partial charge in [-0.15, -0.1) is 0 Å². The van der Waals surface area contributed by atoms with Crippen LogP contribution in [0, 0.1) is 11.8 Å². The minimum Gasteiger partial charge on any atom is -0.508 e. The normalized spacial score (nSPS) is 15.7. The van der Waals surface area contributed by atoms with Gasteiger partial charge in [0.15, 0.2) is 5.60 Å². The lowest BCUT2D eigenvalue weighted by atomic mass is 9.77. The van der Waals surface area contributed by atoms with E-state index in [1.54, 1.807) is 26.8 Å². The maximum atomic E-state index is 15.1. The summed E-state index contributed by atoms with van der Waals surface area (Å²) >= 11 is 0. The summed E-state index contributed by atoms with van der Waals surface area (Å²) in [5, 5.41) is 106. The smallest absolute Gasteiger partial charge is 0.446 e. The lowest BCUT2D eigenvalue weighted by Gasteiger charge is -2.36. The number of nitrogens with one attached hydrogen (secondary N) is 11. The van der Waals surface area contributed by atoms with Crippen molar-refractivity contribution in [3.05, 3.63) is 148 Å². The molecule has 0 bridgehead atoms. The second-order valence-electron chi connectivity index (χ2n) is 32.5. The van der Waals surface area contributed by atoms with Gasteiger partial charge in [0.25, 0.3) is 5.91 Å². The van der Waals surface area contributed by atoms with Gasteiger partial charge in [-0.05, 0) is 123 Å². The highest BCUT2D eigenvalue weighted by molar-refractivity contribution is 7.81. The molecular formula is C87H103N13O34S. The third kappa shape index (κ3) is 30.1. The van der Waals surface area contributed by atoms with Gasteiger partial charge in [0.2, 0.25) is 70.9 Å². The quantitative estimate of drug-likeness (QED) is 0.0169. The average Bonchev–Trinajstić information content (AvgIpc) is 1.57. The minimum atomic E-state index is -5.06. The van der Waals surface area contributed by atoms with Crippen molar-refractivity contribution < 1.29 is 163 Å². The van der Waals surface area contributed by atoms with Crippen LogP contribution in [-0.4, -0.2) is 257 Å². The Morgan fingerprint density at radius 3 is 1.41 bits per heavy atom. The Kier molecular flexibility index (Phi) is 37.0. The highest BCUT2D eigenvalue weighted by Crippen LogP contribution is 2.57. The van der Waals surface area contributed by atoms with Crippen LogP contribution < -0.4 is 73.1 Å². The van der Waals surface area contributed by atoms with Gasteiger partial charge in [-0.3, -0.25) is 90.9 Å². The van der Waals surface area contributed by atoms with Gasteiger partial charge in [-0.25, -0.2) is 9.59 Å². The second kappa shape index (κ2) is 47.6. The molecule has 0 radical (unpaired) electrons. The summed E-state index contributed by atoms with van der Waals surface area (Å²) < 4.78 is 48.7. The van der Waals surface area contributed by atoms with E-state index in [1.807, 2.05) is 0 Å². The monoisotopic (exact) mass is 1910 g/mol. The standard InChI is InChI=1S/C87H103N13O34S/c1-5-43(4)73(84(125)100-33-9-12-63(100)83(124)94-56(26-31-70(109)110)76(117)91-55(25-30-69(107)108)77(118)97-61(36-45-13-18-49(19-14-45)134-135(129,130)131)81(122)96-59(34-42(2)3)79(120)95-58(85(126)127)23-28-66(88)103)99-78(119)57(27-32-71(111)112)92-75(116)54(24-29-68(105)106)93-80(121)60(35-44-10-7-6-8-11-44)98-82(123)62(40-72(113)114)90-67(104)41-89-74(115)46-15-20-51-50(37-46)86(128)133-87(51)52-21-16-47(101)38-64(52)132-65-39-48(102)17-22-53(65)87/h6-8,10-11,13-22,37-39,42-43,54-63,73,101-102H,5,9,12,23-36,40-41H2,1-4H3,(H2,88,103)(H,89,115)(H,90,104)(H,91,117)(H,92,116)(H,93,121)(H,94,124)(H,95,120)(H,96,122)(H,97,118)(H,98,123)(H,99,119)(H,105,106)(H,107,108)(H,109,110)(H,111,112)(H,113,114)(H,126,127)(H,129,130,131)/t43-,54-,55-,56-,57-,58-,59-,60-,61-,62-,63-,73-/m0/s1. The predicted molar refractivity (Wildman–Crippen MR) is 462 cm³/mol. The van der Waals surface area contributed by atoms with Gasteiger partial charge >= 0.3 is 52.2 Å². The van der Waals surface area contributed by atoms with E-state index in [2.05, 4.69) is 62.7 Å². The molecule has 5 aromatic rings. The van der Waals surface area contributed by atoms with Crippen LogP contribution in [0.2, 0.25) is 0 Å². The number of carbonyl (C=O) groups is 20. The zero-order valence-corrected chi connectivity index (χ0v) is 73.8. The summed E-state index contributed by atoms with van der Waals surface area (Å²) in [4.78, 5) is 273. The molecular weight excluding hydrogens is 1800 g/mol. The molecule has 47 nitrogen and oxygen atoms in total. The molecule has 13 amide bonds. The van der Waals surface area contributed by atoms with Crippen molar-refractivity contribution in [2.45, 2.75) is 209 Å². The zero-order valence-electron chi connectivity index (χ0n) is 73.0. The number of aliphatic carboxylic acids is 6. The van der Waals surface area contributed by atoms with E-state index in [1.165, 1.54) is 97.9 Å². The lowest BCUT2D eigenvalue weighted by molar-refractivity contribution is -0.144. The highest BCUT2D eigenvalue weighted by Gasteiger charge is 2.54. The van der Waals surface area contributed by atoms with Crippen LogP contribution in [0.1, 0.15) is 173 Å². The minimum absolute atomic E-state index is 0.0456. The number of hydrogen-bond acceptors (Lipinski definition) is 27. The molecule has 726 valence electrons. The molecule has 0 aromatic heterocycles. The van der Waals surface area contributed by atoms with Gasteiger partial charge in [0, 0.05) is 85.9 Å². The van der Waals surface area contributed by atoms with Crippen LogP contribution in [0.15, 0.2) is 109 Å². The van der Waals surface area contributed by atoms with Crippen LogP contribution in [0.25, 0.3) is 0 Å². The maximum Gasteiger partial charge on any atom is 0.446 e. The molecule has 1 fully saturated rings. The van der Waals surface area contributed by atoms with E-state index >= 15 is 4.79 Å². The van der Waals surface area contributed by atoms with Crippen LogP contribution in [0.3, 0.4) is 0 Å². The summed E-state index contributed by atoms with van der Waals surface area (Å²) in [5.41, 5.74) is 4.34. The number of primary amides is 1. The maximum absolute atomic E-state index is 15.1. The first-order chi connectivity index (χ1) is 63.6. The molecule has 1 spiro atoms. The van der Waals surface area contributed by atoms with E-state index in [-0.39, 0.29) is 88.6 Å². The zero-order chi connectivity index (χ0) is 99.6. The van der Waals surface area contributed by atoms with Crippen molar-refractivity contribution >= 4 is 129 Å². The van der Waals surface area contributed by atoms with Crippen molar-refractivity contribution in [1.29, 1.82) is 0 Å². The second-order valence-corrected chi connectivity index (χ2v) is 33.5. The van der Waals surface area contributed by atoms with Crippen LogP contribution in [0.4, 0.5) is 0 Å². The van der Waals surface area contributed by atoms with Gasteiger partial charge < -0.3 is 124 Å². The molecule has 0 saturated carbocycles.